The number of aromatic nitrogens is 1. The number of hydrogen-bond donors (Lipinski definition) is 1. The number of pyridine rings is 1. The second-order valence-corrected chi connectivity index (χ2v) is 6.75. The summed E-state index contributed by atoms with van der Waals surface area (Å²) in [5.41, 5.74) is 2.32. The molecule has 0 amide bonds. The minimum absolute atomic E-state index is 0.242. The molecule has 1 saturated heterocycles. The number of methoxy groups -OCH3 is 1. The lowest BCUT2D eigenvalue weighted by molar-refractivity contribution is -0.0780. The van der Waals surface area contributed by atoms with E-state index in [-0.39, 0.29) is 11.2 Å². The molecule has 6 heteroatoms. The Balaban J connectivity index is 1.64. The molecule has 0 saturated carbocycles. The van der Waals surface area contributed by atoms with E-state index in [0.29, 0.717) is 25.5 Å². The molecule has 1 spiro atoms. The number of benzene rings is 1. The zero-order valence-electron chi connectivity index (χ0n) is 14.8. The second-order valence-electron chi connectivity index (χ2n) is 6.75. The molecule has 0 aliphatic carbocycles. The van der Waals surface area contributed by atoms with Crippen LogP contribution in [0.25, 0.3) is 0 Å². The van der Waals surface area contributed by atoms with Crippen LogP contribution in [0.1, 0.15) is 34.3 Å². The highest BCUT2D eigenvalue weighted by Gasteiger charge is 2.43. The van der Waals surface area contributed by atoms with Gasteiger partial charge in [-0.05, 0) is 43.0 Å². The SMILES string of the molecule is COc1cccc2c1C1(CCN(c3ncccc3C(=O)O)CC1)OCC2. The van der Waals surface area contributed by atoms with E-state index in [1.54, 1.807) is 25.4 Å². The molecule has 2 aliphatic heterocycles. The molecule has 136 valence electrons. The Morgan fingerprint density at radius 3 is 2.81 bits per heavy atom. The van der Waals surface area contributed by atoms with Gasteiger partial charge in [0.2, 0.25) is 0 Å². The Kier molecular flexibility index (Phi) is 4.28. The molecule has 3 heterocycles. The molecule has 0 unspecified atom stereocenters. The van der Waals surface area contributed by atoms with Crippen LogP contribution in [0.4, 0.5) is 5.82 Å². The highest BCUT2D eigenvalue weighted by Crippen LogP contribution is 2.46. The fourth-order valence-electron chi connectivity index (χ4n) is 4.19. The van der Waals surface area contributed by atoms with Crippen molar-refractivity contribution in [1.29, 1.82) is 0 Å². The summed E-state index contributed by atoms with van der Waals surface area (Å²) in [6, 6.07) is 9.42. The Hall–Kier alpha value is -2.60. The van der Waals surface area contributed by atoms with Gasteiger partial charge in [-0.25, -0.2) is 9.78 Å². The molecule has 1 N–H and O–H groups in total. The summed E-state index contributed by atoms with van der Waals surface area (Å²) < 4.78 is 11.9. The van der Waals surface area contributed by atoms with Crippen molar-refractivity contribution < 1.29 is 19.4 Å². The van der Waals surface area contributed by atoms with Crippen LogP contribution in [0.5, 0.6) is 5.75 Å². The molecule has 1 aromatic heterocycles. The molecule has 2 aromatic rings. The van der Waals surface area contributed by atoms with E-state index < -0.39 is 5.97 Å². The number of piperidine rings is 1. The summed E-state index contributed by atoms with van der Waals surface area (Å²) in [7, 11) is 1.69. The average molecular weight is 354 g/mol. The smallest absolute Gasteiger partial charge is 0.339 e. The van der Waals surface area contributed by atoms with Gasteiger partial charge in [0.05, 0.1) is 13.7 Å². The number of carboxylic acids is 1. The lowest BCUT2D eigenvalue weighted by atomic mass is 9.78. The largest absolute Gasteiger partial charge is 0.496 e. The van der Waals surface area contributed by atoms with Crippen molar-refractivity contribution >= 4 is 11.8 Å². The van der Waals surface area contributed by atoms with Gasteiger partial charge in [-0.15, -0.1) is 0 Å². The van der Waals surface area contributed by atoms with Gasteiger partial charge in [0.1, 0.15) is 22.7 Å². The zero-order chi connectivity index (χ0) is 18.1. The number of anilines is 1. The third kappa shape index (κ3) is 2.70. The molecule has 0 bridgehead atoms. The molecule has 4 rings (SSSR count). The summed E-state index contributed by atoms with van der Waals surface area (Å²) in [6.07, 6.45) is 4.08. The zero-order valence-corrected chi connectivity index (χ0v) is 14.8. The van der Waals surface area contributed by atoms with Crippen LogP contribution in [0.15, 0.2) is 36.5 Å². The number of nitrogens with zero attached hydrogens (tertiary/aromatic N) is 2. The number of aromatic carboxylic acids is 1. The van der Waals surface area contributed by atoms with Crippen LogP contribution < -0.4 is 9.64 Å². The molecule has 2 aliphatic rings. The molecule has 0 atom stereocenters. The van der Waals surface area contributed by atoms with E-state index in [9.17, 15) is 9.90 Å². The van der Waals surface area contributed by atoms with Gasteiger partial charge in [0.25, 0.3) is 0 Å². The molecular weight excluding hydrogens is 332 g/mol. The Bertz CT molecular complexity index is 814. The van der Waals surface area contributed by atoms with Crippen molar-refractivity contribution in [3.8, 4) is 5.75 Å². The van der Waals surface area contributed by atoms with Crippen molar-refractivity contribution in [3.05, 3.63) is 53.2 Å². The quantitative estimate of drug-likeness (QED) is 0.914. The molecule has 1 aromatic carbocycles. The van der Waals surface area contributed by atoms with Gasteiger partial charge in [0.15, 0.2) is 0 Å². The summed E-state index contributed by atoms with van der Waals surface area (Å²) in [4.78, 5) is 17.9. The van der Waals surface area contributed by atoms with E-state index in [1.165, 1.54) is 5.56 Å². The predicted molar refractivity (Wildman–Crippen MR) is 97.0 cm³/mol. The fourth-order valence-corrected chi connectivity index (χ4v) is 4.19. The van der Waals surface area contributed by atoms with Gasteiger partial charge in [-0.3, -0.25) is 0 Å². The molecular formula is C20H22N2O4. The van der Waals surface area contributed by atoms with Gasteiger partial charge in [-0.1, -0.05) is 12.1 Å². The van der Waals surface area contributed by atoms with Gasteiger partial charge >= 0.3 is 5.97 Å². The first-order valence-electron chi connectivity index (χ1n) is 8.88. The van der Waals surface area contributed by atoms with E-state index in [2.05, 4.69) is 11.1 Å². The van der Waals surface area contributed by atoms with Gasteiger partial charge in [-0.2, -0.15) is 0 Å². The van der Waals surface area contributed by atoms with Crippen LogP contribution in [0.2, 0.25) is 0 Å². The summed E-state index contributed by atoms with van der Waals surface area (Å²) >= 11 is 0. The number of carbonyl (C=O) groups is 1. The van der Waals surface area contributed by atoms with Crippen molar-refractivity contribution in [2.24, 2.45) is 0 Å². The van der Waals surface area contributed by atoms with Crippen LogP contribution in [0, 0.1) is 0 Å². The minimum atomic E-state index is -0.950. The standard InChI is InChI=1S/C20H22N2O4/c1-25-16-6-2-4-14-7-13-26-20(17(14)16)8-11-22(12-9-20)18-15(19(23)24)5-3-10-21-18/h2-6,10H,7-9,11-13H2,1H3,(H,23,24). The monoisotopic (exact) mass is 354 g/mol. The maximum atomic E-state index is 11.5. The van der Waals surface area contributed by atoms with Crippen molar-refractivity contribution in [2.75, 3.05) is 31.7 Å². The first kappa shape index (κ1) is 16.8. The van der Waals surface area contributed by atoms with Crippen molar-refractivity contribution in [1.82, 2.24) is 4.98 Å². The number of hydrogen-bond acceptors (Lipinski definition) is 5. The predicted octanol–water partition coefficient (Wildman–Crippen LogP) is 2.86. The first-order chi connectivity index (χ1) is 12.6. The van der Waals surface area contributed by atoms with Gasteiger partial charge in [0, 0.05) is 24.8 Å². The lowest BCUT2D eigenvalue weighted by Crippen LogP contribution is -2.47. The first-order valence-corrected chi connectivity index (χ1v) is 8.88. The molecule has 26 heavy (non-hydrogen) atoms. The maximum Gasteiger partial charge on any atom is 0.339 e. The summed E-state index contributed by atoms with van der Waals surface area (Å²) in [6.45, 7) is 2.08. The Morgan fingerprint density at radius 2 is 2.08 bits per heavy atom. The van der Waals surface area contributed by atoms with E-state index in [0.717, 1.165) is 30.6 Å². The summed E-state index contributed by atoms with van der Waals surface area (Å²) in [5, 5.41) is 9.43. The number of carboxylic acid groups (broad SMARTS) is 1. The fraction of sp³-hybridized carbons (Fsp3) is 0.400. The van der Waals surface area contributed by atoms with Crippen LogP contribution in [0.3, 0.4) is 0 Å². The van der Waals surface area contributed by atoms with E-state index >= 15 is 0 Å². The van der Waals surface area contributed by atoms with Crippen LogP contribution in [-0.2, 0) is 16.8 Å². The normalized spacial score (nSPS) is 18.4. The Morgan fingerprint density at radius 1 is 1.27 bits per heavy atom. The highest BCUT2D eigenvalue weighted by molar-refractivity contribution is 5.93. The van der Waals surface area contributed by atoms with Crippen molar-refractivity contribution in [3.63, 3.8) is 0 Å². The number of rotatable bonds is 3. The molecule has 0 radical (unpaired) electrons. The van der Waals surface area contributed by atoms with E-state index in [4.69, 9.17) is 9.47 Å². The number of ether oxygens (including phenoxy) is 2. The molecule has 6 nitrogen and oxygen atoms in total. The van der Waals surface area contributed by atoms with Crippen molar-refractivity contribution in [2.45, 2.75) is 24.9 Å². The van der Waals surface area contributed by atoms with Gasteiger partial charge < -0.3 is 19.5 Å². The second kappa shape index (κ2) is 6.61. The topological polar surface area (TPSA) is 71.9 Å². The average Bonchev–Trinajstić information content (AvgIpc) is 2.68. The van der Waals surface area contributed by atoms with Crippen LogP contribution in [-0.4, -0.2) is 42.9 Å². The Labute approximate surface area is 152 Å². The third-order valence-corrected chi connectivity index (χ3v) is 5.43. The number of fused-ring (bicyclic) bond motifs is 2. The van der Waals surface area contributed by atoms with E-state index in [1.807, 2.05) is 17.0 Å². The maximum absolute atomic E-state index is 11.5. The lowest BCUT2D eigenvalue weighted by Gasteiger charge is -2.45. The molecule has 1 fully saturated rings. The minimum Gasteiger partial charge on any atom is -0.496 e. The highest BCUT2D eigenvalue weighted by atomic mass is 16.5. The van der Waals surface area contributed by atoms with Crippen LogP contribution >= 0.6 is 0 Å². The third-order valence-electron chi connectivity index (χ3n) is 5.43. The summed E-state index contributed by atoms with van der Waals surface area (Å²) in [5.74, 6) is 0.458.